The summed E-state index contributed by atoms with van der Waals surface area (Å²) in [6.45, 7) is 13.1. The van der Waals surface area contributed by atoms with Crippen molar-refractivity contribution in [2.45, 2.75) is 47.0 Å². The van der Waals surface area contributed by atoms with E-state index in [9.17, 15) is 0 Å². The van der Waals surface area contributed by atoms with Crippen LogP contribution in [-0.2, 0) is 5.41 Å². The van der Waals surface area contributed by atoms with Gasteiger partial charge >= 0.3 is 0 Å². The van der Waals surface area contributed by atoms with Crippen molar-refractivity contribution in [3.05, 3.63) is 93.6 Å². The fourth-order valence-corrected chi connectivity index (χ4v) is 5.07. The van der Waals surface area contributed by atoms with Crippen molar-refractivity contribution in [1.82, 2.24) is 19.9 Å². The van der Waals surface area contributed by atoms with Crippen LogP contribution >= 0.6 is 0 Å². The molecule has 6 rings (SSSR count). The minimum atomic E-state index is 0.100. The third-order valence-corrected chi connectivity index (χ3v) is 7.58. The van der Waals surface area contributed by atoms with Crippen molar-refractivity contribution < 1.29 is 0 Å². The van der Waals surface area contributed by atoms with Gasteiger partial charge in [-0.15, -0.1) is 0 Å². The van der Waals surface area contributed by atoms with Gasteiger partial charge in [0.25, 0.3) is 0 Å². The van der Waals surface area contributed by atoms with E-state index in [2.05, 4.69) is 124 Å². The van der Waals surface area contributed by atoms with Crippen molar-refractivity contribution in [3.8, 4) is 11.1 Å². The highest BCUT2D eigenvalue weighted by Crippen LogP contribution is 2.33. The molecule has 0 saturated heterocycles. The van der Waals surface area contributed by atoms with Crippen LogP contribution in [0.3, 0.4) is 0 Å². The summed E-state index contributed by atoms with van der Waals surface area (Å²) >= 11 is 0. The first-order valence-corrected chi connectivity index (χ1v) is 12.9. The number of aromatic nitrogens is 4. The molecule has 0 amide bonds. The summed E-state index contributed by atoms with van der Waals surface area (Å²) in [5, 5.41) is 0. The third-order valence-electron chi connectivity index (χ3n) is 7.58. The second-order valence-corrected chi connectivity index (χ2v) is 11.1. The molecule has 4 nitrogen and oxygen atoms in total. The molecule has 8 bridgehead atoms. The number of hydrogen-bond acceptors (Lipinski definition) is 2. The predicted octanol–water partition coefficient (Wildman–Crippen LogP) is 8.55. The summed E-state index contributed by atoms with van der Waals surface area (Å²) in [5.41, 5.74) is 15.2. The largest absolute Gasteiger partial charge is 0.355 e. The summed E-state index contributed by atoms with van der Waals surface area (Å²) in [7, 11) is 0. The molecule has 4 aromatic rings. The Morgan fingerprint density at radius 3 is 1.41 bits per heavy atom. The highest BCUT2D eigenvalue weighted by atomic mass is 14.8. The highest BCUT2D eigenvalue weighted by molar-refractivity contribution is 5.92. The average molecular weight is 485 g/mol. The van der Waals surface area contributed by atoms with Crippen LogP contribution in [0.2, 0.25) is 0 Å². The molecule has 0 aliphatic carbocycles. The fourth-order valence-electron chi connectivity index (χ4n) is 5.07. The maximum atomic E-state index is 5.13. The second kappa shape index (κ2) is 8.45. The molecule has 1 aromatic carbocycles. The summed E-state index contributed by atoms with van der Waals surface area (Å²) in [4.78, 5) is 17.4. The maximum absolute atomic E-state index is 5.13. The third kappa shape index (κ3) is 4.03. The number of fused-ring (bicyclic) bond motifs is 8. The van der Waals surface area contributed by atoms with Crippen LogP contribution in [0.1, 0.15) is 65.8 Å². The van der Waals surface area contributed by atoms with Gasteiger partial charge in [-0.05, 0) is 103 Å². The van der Waals surface area contributed by atoms with Crippen molar-refractivity contribution in [2.24, 2.45) is 0 Å². The van der Waals surface area contributed by atoms with Crippen molar-refractivity contribution in [1.29, 1.82) is 0 Å². The molecule has 5 heterocycles. The van der Waals surface area contributed by atoms with Gasteiger partial charge in [-0.1, -0.05) is 45.0 Å². The molecule has 0 radical (unpaired) electrons. The molecule has 2 aliphatic heterocycles. The Bertz CT molecular complexity index is 1770. The van der Waals surface area contributed by atoms with Crippen LogP contribution < -0.4 is 0 Å². The Morgan fingerprint density at radius 1 is 0.514 bits per heavy atom. The molecule has 37 heavy (non-hydrogen) atoms. The fraction of sp³-hybridized carbons (Fsp3) is 0.212. The lowest BCUT2D eigenvalue weighted by molar-refractivity contribution is 0.590. The number of hydrogen-bond donors (Lipinski definition) is 2. The van der Waals surface area contributed by atoms with E-state index in [-0.39, 0.29) is 5.41 Å². The van der Waals surface area contributed by atoms with E-state index < -0.39 is 0 Å². The molecule has 2 N–H and O–H groups in total. The Kier molecular flexibility index (Phi) is 5.30. The van der Waals surface area contributed by atoms with Gasteiger partial charge in [0.05, 0.1) is 22.8 Å². The van der Waals surface area contributed by atoms with Crippen molar-refractivity contribution in [2.75, 3.05) is 0 Å². The van der Waals surface area contributed by atoms with Crippen molar-refractivity contribution >= 4 is 46.4 Å². The molecular weight excluding hydrogens is 452 g/mol. The molecular formula is C33H32N4. The van der Waals surface area contributed by atoms with Gasteiger partial charge in [-0.25, -0.2) is 9.97 Å². The number of aryl methyl sites for hydroxylation is 3. The van der Waals surface area contributed by atoms with Gasteiger partial charge in [-0.2, -0.15) is 0 Å². The van der Waals surface area contributed by atoms with Crippen LogP contribution in [-0.4, -0.2) is 19.9 Å². The number of H-pyrrole nitrogens is 2. The molecule has 0 saturated carbocycles. The predicted molar refractivity (Wildman–Crippen MR) is 157 cm³/mol. The van der Waals surface area contributed by atoms with E-state index in [4.69, 9.17) is 9.97 Å². The Morgan fingerprint density at radius 2 is 0.919 bits per heavy atom. The summed E-state index contributed by atoms with van der Waals surface area (Å²) in [6, 6.07) is 17.5. The molecule has 0 atom stereocenters. The second-order valence-electron chi connectivity index (χ2n) is 11.1. The van der Waals surface area contributed by atoms with Crippen LogP contribution in [0.4, 0.5) is 0 Å². The average Bonchev–Trinajstić information content (AvgIpc) is 3.69. The topological polar surface area (TPSA) is 57.4 Å². The molecule has 0 unspecified atom stereocenters. The van der Waals surface area contributed by atoms with E-state index in [1.165, 1.54) is 5.56 Å². The SMILES string of the molecule is Cc1c2nc(c(C)c3ccc([nH]3)c(-c3ccc(C(C)(C)C)cc3)c3nc(c(C)c4ccc1[nH]4)C=C3)C=C2. The van der Waals surface area contributed by atoms with Gasteiger partial charge in [0, 0.05) is 27.6 Å². The lowest BCUT2D eigenvalue weighted by atomic mass is 9.86. The first-order valence-electron chi connectivity index (χ1n) is 12.9. The Hall–Kier alpha value is -4.18. The zero-order valence-corrected chi connectivity index (χ0v) is 22.3. The minimum Gasteiger partial charge on any atom is -0.355 e. The summed E-state index contributed by atoms with van der Waals surface area (Å²) in [6.07, 6.45) is 8.46. The quantitative estimate of drug-likeness (QED) is 0.246. The van der Waals surface area contributed by atoms with Gasteiger partial charge in [0.15, 0.2) is 0 Å². The number of nitrogens with zero attached hydrogens (tertiary/aromatic N) is 2. The molecule has 0 spiro atoms. The van der Waals surface area contributed by atoms with Crippen LogP contribution in [0.25, 0.3) is 57.5 Å². The Balaban J connectivity index is 1.72. The molecule has 2 aliphatic rings. The first kappa shape index (κ1) is 23.2. The monoisotopic (exact) mass is 484 g/mol. The normalized spacial score (nSPS) is 12.9. The van der Waals surface area contributed by atoms with Crippen LogP contribution in [0.5, 0.6) is 0 Å². The van der Waals surface area contributed by atoms with E-state index in [0.717, 1.165) is 72.7 Å². The van der Waals surface area contributed by atoms with Gasteiger partial charge in [0.1, 0.15) is 0 Å². The van der Waals surface area contributed by atoms with E-state index >= 15 is 0 Å². The standard InChI is InChI=1S/C33H32N4/c1-19-24-11-13-26(34-24)20(2)28-15-17-30(36-28)32(22-7-9-23(10-8-22)33(4,5)6)31-18-16-29(37-31)21(3)27-14-12-25(19)35-27/h7-18,34,37H,1-6H3. The van der Waals surface area contributed by atoms with E-state index in [0.29, 0.717) is 0 Å². The number of aromatic amines is 2. The van der Waals surface area contributed by atoms with Crippen molar-refractivity contribution in [3.63, 3.8) is 0 Å². The lowest BCUT2D eigenvalue weighted by Crippen LogP contribution is -2.10. The van der Waals surface area contributed by atoms with E-state index in [1.807, 2.05) is 0 Å². The number of benzene rings is 1. The van der Waals surface area contributed by atoms with Crippen LogP contribution in [0.15, 0.2) is 48.5 Å². The summed E-state index contributed by atoms with van der Waals surface area (Å²) in [5.74, 6) is 0. The number of rotatable bonds is 1. The lowest BCUT2D eigenvalue weighted by Gasteiger charge is -2.19. The molecule has 4 heteroatoms. The van der Waals surface area contributed by atoms with E-state index in [1.54, 1.807) is 0 Å². The summed E-state index contributed by atoms with van der Waals surface area (Å²) < 4.78 is 0. The smallest absolute Gasteiger partial charge is 0.0737 e. The molecule has 184 valence electrons. The first-order chi connectivity index (χ1) is 17.7. The van der Waals surface area contributed by atoms with Gasteiger partial charge in [0.2, 0.25) is 0 Å². The highest BCUT2D eigenvalue weighted by Gasteiger charge is 2.16. The Labute approximate surface area is 217 Å². The molecule has 0 fully saturated rings. The molecule has 3 aromatic heterocycles. The zero-order valence-electron chi connectivity index (χ0n) is 22.3. The zero-order chi connectivity index (χ0) is 25.9. The van der Waals surface area contributed by atoms with Gasteiger partial charge in [-0.3, -0.25) is 0 Å². The number of nitrogens with one attached hydrogen (secondary N) is 2. The maximum Gasteiger partial charge on any atom is 0.0737 e. The van der Waals surface area contributed by atoms with Crippen LogP contribution in [0, 0.1) is 20.8 Å². The minimum absolute atomic E-state index is 0.100. The van der Waals surface area contributed by atoms with Gasteiger partial charge < -0.3 is 9.97 Å².